The Bertz CT molecular complexity index is 131. The standard InChI is InChI=1S/C7H14F3NOS/c1-6(2-3-11)13-5-4-12-7(8,9)10/h6H,2-5,11H2,1H3. The first-order valence-electron chi connectivity index (χ1n) is 3.98. The highest BCUT2D eigenvalue weighted by molar-refractivity contribution is 7.99. The van der Waals surface area contributed by atoms with Gasteiger partial charge in [-0.25, -0.2) is 0 Å². The minimum absolute atomic E-state index is 0.289. The fourth-order valence-corrected chi connectivity index (χ4v) is 1.61. The lowest BCUT2D eigenvalue weighted by Crippen LogP contribution is -2.16. The molecule has 13 heavy (non-hydrogen) atoms. The highest BCUT2D eigenvalue weighted by atomic mass is 32.2. The maximum Gasteiger partial charge on any atom is 0.522 e. The van der Waals surface area contributed by atoms with Gasteiger partial charge < -0.3 is 5.73 Å². The van der Waals surface area contributed by atoms with Crippen molar-refractivity contribution < 1.29 is 17.9 Å². The predicted molar refractivity (Wildman–Crippen MR) is 47.6 cm³/mol. The molecular formula is C7H14F3NOS. The lowest BCUT2D eigenvalue weighted by Gasteiger charge is -2.10. The van der Waals surface area contributed by atoms with Crippen LogP contribution < -0.4 is 5.73 Å². The first kappa shape index (κ1) is 13.1. The molecule has 2 N–H and O–H groups in total. The van der Waals surface area contributed by atoms with Gasteiger partial charge in [-0.3, -0.25) is 4.74 Å². The Morgan fingerprint density at radius 3 is 2.54 bits per heavy atom. The van der Waals surface area contributed by atoms with E-state index in [1.54, 1.807) is 0 Å². The summed E-state index contributed by atoms with van der Waals surface area (Å²) in [6.07, 6.45) is -3.69. The van der Waals surface area contributed by atoms with Crippen molar-refractivity contribution in [2.75, 3.05) is 18.9 Å². The number of nitrogens with two attached hydrogens (primary N) is 1. The van der Waals surface area contributed by atoms with Crippen molar-refractivity contribution in [1.82, 2.24) is 0 Å². The van der Waals surface area contributed by atoms with Crippen LogP contribution >= 0.6 is 11.8 Å². The summed E-state index contributed by atoms with van der Waals surface area (Å²) in [4.78, 5) is 0. The van der Waals surface area contributed by atoms with Crippen LogP contribution in [-0.4, -0.2) is 30.5 Å². The van der Waals surface area contributed by atoms with Gasteiger partial charge in [0.05, 0.1) is 6.61 Å². The maximum absolute atomic E-state index is 11.5. The van der Waals surface area contributed by atoms with E-state index < -0.39 is 6.36 Å². The molecule has 0 aliphatic rings. The normalized spacial score (nSPS) is 14.5. The lowest BCUT2D eigenvalue weighted by molar-refractivity contribution is -0.322. The molecule has 0 aromatic heterocycles. The van der Waals surface area contributed by atoms with Crippen LogP contribution in [0.4, 0.5) is 13.2 Å². The molecule has 0 aliphatic carbocycles. The molecule has 0 aliphatic heterocycles. The van der Waals surface area contributed by atoms with Crippen LogP contribution in [0.3, 0.4) is 0 Å². The van der Waals surface area contributed by atoms with Crippen LogP contribution in [0.5, 0.6) is 0 Å². The van der Waals surface area contributed by atoms with E-state index in [2.05, 4.69) is 4.74 Å². The Morgan fingerprint density at radius 1 is 1.46 bits per heavy atom. The van der Waals surface area contributed by atoms with E-state index in [0.717, 1.165) is 6.42 Å². The Labute approximate surface area is 80.0 Å². The van der Waals surface area contributed by atoms with Gasteiger partial charge in [-0.1, -0.05) is 6.92 Å². The van der Waals surface area contributed by atoms with E-state index in [9.17, 15) is 13.2 Å². The van der Waals surface area contributed by atoms with E-state index in [-0.39, 0.29) is 6.61 Å². The number of rotatable bonds is 6. The van der Waals surface area contributed by atoms with Gasteiger partial charge >= 0.3 is 6.36 Å². The van der Waals surface area contributed by atoms with Gasteiger partial charge in [0.2, 0.25) is 0 Å². The first-order chi connectivity index (χ1) is 5.95. The van der Waals surface area contributed by atoms with Crippen molar-refractivity contribution in [3.8, 4) is 0 Å². The molecule has 0 spiro atoms. The minimum Gasteiger partial charge on any atom is -0.330 e. The number of hydrogen-bond donors (Lipinski definition) is 1. The summed E-state index contributed by atoms with van der Waals surface area (Å²) in [5.74, 6) is 0.348. The third-order valence-electron chi connectivity index (χ3n) is 1.32. The quantitative estimate of drug-likeness (QED) is 0.691. The first-order valence-corrected chi connectivity index (χ1v) is 5.03. The SMILES string of the molecule is CC(CCN)SCCOC(F)(F)F. The zero-order valence-corrected chi connectivity index (χ0v) is 8.25. The van der Waals surface area contributed by atoms with Crippen molar-refractivity contribution in [3.05, 3.63) is 0 Å². The molecule has 1 unspecified atom stereocenters. The molecule has 0 saturated heterocycles. The van der Waals surface area contributed by atoms with Gasteiger partial charge in [0.25, 0.3) is 0 Å². The fraction of sp³-hybridized carbons (Fsp3) is 1.00. The van der Waals surface area contributed by atoms with Gasteiger partial charge in [-0.05, 0) is 13.0 Å². The van der Waals surface area contributed by atoms with Gasteiger partial charge in [0, 0.05) is 11.0 Å². The van der Waals surface area contributed by atoms with E-state index in [1.165, 1.54) is 11.8 Å². The number of halogens is 3. The molecule has 0 radical (unpaired) electrons. The highest BCUT2D eigenvalue weighted by Gasteiger charge is 2.28. The van der Waals surface area contributed by atoms with Crippen LogP contribution in [0.1, 0.15) is 13.3 Å². The molecule has 0 aromatic carbocycles. The summed E-state index contributed by atoms with van der Waals surface area (Å²) >= 11 is 1.44. The Balaban J connectivity index is 3.25. The molecule has 0 saturated carbocycles. The van der Waals surface area contributed by atoms with Crippen molar-refractivity contribution in [2.24, 2.45) is 5.73 Å². The minimum atomic E-state index is -4.50. The Hall–Kier alpha value is 0.0600. The van der Waals surface area contributed by atoms with Crippen LogP contribution in [0, 0.1) is 0 Å². The Kier molecular flexibility index (Phi) is 6.53. The van der Waals surface area contributed by atoms with Crippen molar-refractivity contribution in [1.29, 1.82) is 0 Å². The predicted octanol–water partition coefficient (Wildman–Crippen LogP) is 1.99. The second-order valence-electron chi connectivity index (χ2n) is 2.55. The van der Waals surface area contributed by atoms with Crippen LogP contribution in [-0.2, 0) is 4.74 Å². The molecule has 6 heteroatoms. The summed E-state index contributed by atoms with van der Waals surface area (Å²) in [5.41, 5.74) is 5.28. The van der Waals surface area contributed by atoms with E-state index in [1.807, 2.05) is 6.92 Å². The Morgan fingerprint density at radius 2 is 2.08 bits per heavy atom. The maximum atomic E-state index is 11.5. The molecule has 0 rings (SSSR count). The van der Waals surface area contributed by atoms with E-state index in [0.29, 0.717) is 17.5 Å². The highest BCUT2D eigenvalue weighted by Crippen LogP contribution is 2.18. The molecule has 0 fully saturated rings. The fourth-order valence-electron chi connectivity index (χ4n) is 0.725. The number of alkyl halides is 3. The van der Waals surface area contributed by atoms with Crippen molar-refractivity contribution in [3.63, 3.8) is 0 Å². The van der Waals surface area contributed by atoms with Crippen molar-refractivity contribution in [2.45, 2.75) is 25.0 Å². The smallest absolute Gasteiger partial charge is 0.330 e. The van der Waals surface area contributed by atoms with Crippen LogP contribution in [0.25, 0.3) is 0 Å². The average Bonchev–Trinajstić information content (AvgIpc) is 1.97. The molecule has 1 atom stereocenters. The topological polar surface area (TPSA) is 35.2 Å². The van der Waals surface area contributed by atoms with Gasteiger partial charge in [-0.15, -0.1) is 13.2 Å². The third kappa shape index (κ3) is 9.98. The molecule has 0 bridgehead atoms. The summed E-state index contributed by atoms with van der Waals surface area (Å²) in [7, 11) is 0. The van der Waals surface area contributed by atoms with Crippen LogP contribution in [0.15, 0.2) is 0 Å². The molecule has 0 amide bonds. The molecule has 0 heterocycles. The molecule has 2 nitrogen and oxygen atoms in total. The molecule has 80 valence electrons. The number of hydrogen-bond acceptors (Lipinski definition) is 3. The summed E-state index contributed by atoms with van der Waals surface area (Å²) in [6, 6.07) is 0. The zero-order chi connectivity index (χ0) is 10.3. The lowest BCUT2D eigenvalue weighted by atomic mass is 10.3. The van der Waals surface area contributed by atoms with E-state index in [4.69, 9.17) is 5.73 Å². The summed E-state index contributed by atoms with van der Waals surface area (Å²) in [5, 5.41) is 0.293. The van der Waals surface area contributed by atoms with Crippen molar-refractivity contribution >= 4 is 11.8 Å². The third-order valence-corrected chi connectivity index (χ3v) is 2.53. The number of thioether (sulfide) groups is 1. The number of ether oxygens (including phenoxy) is 1. The second-order valence-corrected chi connectivity index (χ2v) is 4.10. The molecular weight excluding hydrogens is 203 g/mol. The largest absolute Gasteiger partial charge is 0.522 e. The van der Waals surface area contributed by atoms with Gasteiger partial charge in [0.1, 0.15) is 0 Å². The monoisotopic (exact) mass is 217 g/mol. The summed E-state index contributed by atoms with van der Waals surface area (Å²) < 4.78 is 38.0. The van der Waals surface area contributed by atoms with Gasteiger partial charge in [-0.2, -0.15) is 11.8 Å². The van der Waals surface area contributed by atoms with Gasteiger partial charge in [0.15, 0.2) is 0 Å². The average molecular weight is 217 g/mol. The second kappa shape index (κ2) is 6.50. The van der Waals surface area contributed by atoms with Crippen LogP contribution in [0.2, 0.25) is 0 Å². The summed E-state index contributed by atoms with van der Waals surface area (Å²) in [6.45, 7) is 2.21. The zero-order valence-electron chi connectivity index (χ0n) is 7.43. The molecule has 0 aromatic rings. The van der Waals surface area contributed by atoms with E-state index >= 15 is 0 Å².